The van der Waals surface area contributed by atoms with Crippen LogP contribution in [0.1, 0.15) is 32.6 Å². The quantitative estimate of drug-likeness (QED) is 0.817. The summed E-state index contributed by atoms with van der Waals surface area (Å²) < 4.78 is 45.6. The smallest absolute Gasteiger partial charge is 0.240 e. The molecule has 0 aliphatic heterocycles. The molecule has 7 heteroatoms. The number of benzene rings is 1. The summed E-state index contributed by atoms with van der Waals surface area (Å²) in [5, 5.41) is 0. The van der Waals surface area contributed by atoms with E-state index in [1.165, 1.54) is 13.2 Å². The fourth-order valence-electron chi connectivity index (χ4n) is 2.72. The molecule has 3 N–H and O–H groups in total. The Hall–Kier alpha value is -1.34. The van der Waals surface area contributed by atoms with Crippen LogP contribution < -0.4 is 15.2 Å². The van der Waals surface area contributed by atoms with E-state index >= 15 is 0 Å². The van der Waals surface area contributed by atoms with Crippen LogP contribution in [0.5, 0.6) is 5.75 Å². The number of hydrogen-bond donors (Lipinski definition) is 2. The van der Waals surface area contributed by atoms with Crippen molar-refractivity contribution in [1.29, 1.82) is 0 Å². The van der Waals surface area contributed by atoms with Gasteiger partial charge < -0.3 is 10.5 Å². The lowest BCUT2D eigenvalue weighted by molar-refractivity contribution is 0.336. The summed E-state index contributed by atoms with van der Waals surface area (Å²) in [6.45, 7) is 2.41. The van der Waals surface area contributed by atoms with E-state index in [0.717, 1.165) is 31.7 Å². The third-order valence-corrected chi connectivity index (χ3v) is 5.44. The summed E-state index contributed by atoms with van der Waals surface area (Å²) in [6, 6.07) is 2.13. The fraction of sp³-hybridized carbons (Fsp3) is 0.571. The summed E-state index contributed by atoms with van der Waals surface area (Å²) in [5.74, 6) is -0.929. The number of anilines is 1. The molecule has 0 bridgehead atoms. The Kier molecular flexibility index (Phi) is 4.43. The van der Waals surface area contributed by atoms with Crippen LogP contribution in [0.2, 0.25) is 0 Å². The van der Waals surface area contributed by atoms with E-state index in [-0.39, 0.29) is 21.7 Å². The van der Waals surface area contributed by atoms with Crippen LogP contribution in [-0.2, 0) is 10.0 Å². The second kappa shape index (κ2) is 5.81. The highest BCUT2D eigenvalue weighted by Crippen LogP contribution is 2.37. The maximum Gasteiger partial charge on any atom is 0.240 e. The standard InChI is InChI=1S/C14H21FN2O3S/c1-14(5-3-4-6-14)9-17-21(18,19)10-7-11(15)13(20-2)12(16)8-10/h7-8,17H,3-6,9,16H2,1-2H3. The van der Waals surface area contributed by atoms with Crippen molar-refractivity contribution in [2.45, 2.75) is 37.5 Å². The lowest BCUT2D eigenvalue weighted by Crippen LogP contribution is -2.34. The van der Waals surface area contributed by atoms with Crippen LogP contribution >= 0.6 is 0 Å². The van der Waals surface area contributed by atoms with Gasteiger partial charge in [0.05, 0.1) is 17.7 Å². The number of nitrogens with one attached hydrogen (secondary N) is 1. The molecule has 1 aliphatic rings. The molecule has 21 heavy (non-hydrogen) atoms. The van der Waals surface area contributed by atoms with Crippen molar-refractivity contribution in [2.75, 3.05) is 19.4 Å². The molecule has 0 heterocycles. The summed E-state index contributed by atoms with van der Waals surface area (Å²) in [7, 11) is -2.50. The van der Waals surface area contributed by atoms with Crippen LogP contribution in [-0.4, -0.2) is 22.1 Å². The van der Waals surface area contributed by atoms with E-state index in [4.69, 9.17) is 10.5 Å². The molecule has 1 aliphatic carbocycles. The second-order valence-electron chi connectivity index (χ2n) is 5.87. The topological polar surface area (TPSA) is 81.4 Å². The van der Waals surface area contributed by atoms with Crippen molar-refractivity contribution in [1.82, 2.24) is 4.72 Å². The number of hydrogen-bond acceptors (Lipinski definition) is 4. The van der Waals surface area contributed by atoms with E-state index in [2.05, 4.69) is 11.6 Å². The second-order valence-corrected chi connectivity index (χ2v) is 7.64. The van der Waals surface area contributed by atoms with E-state index < -0.39 is 15.8 Å². The molecule has 0 spiro atoms. The van der Waals surface area contributed by atoms with E-state index in [9.17, 15) is 12.8 Å². The number of ether oxygens (including phenoxy) is 1. The van der Waals surface area contributed by atoms with Crippen molar-refractivity contribution in [3.05, 3.63) is 17.9 Å². The van der Waals surface area contributed by atoms with Crippen molar-refractivity contribution >= 4 is 15.7 Å². The molecule has 0 unspecified atom stereocenters. The minimum absolute atomic E-state index is 0.0242. The highest BCUT2D eigenvalue weighted by molar-refractivity contribution is 7.89. The van der Waals surface area contributed by atoms with Gasteiger partial charge in [-0.3, -0.25) is 0 Å². The first kappa shape index (κ1) is 16.0. The molecule has 0 atom stereocenters. The van der Waals surface area contributed by atoms with Gasteiger partial charge in [-0.2, -0.15) is 0 Å². The van der Waals surface area contributed by atoms with E-state index in [1.54, 1.807) is 0 Å². The zero-order chi connectivity index (χ0) is 15.7. The Morgan fingerprint density at radius 2 is 2.00 bits per heavy atom. The van der Waals surface area contributed by atoms with Crippen LogP contribution in [0.4, 0.5) is 10.1 Å². The first-order valence-corrected chi connectivity index (χ1v) is 8.38. The SMILES string of the molecule is COc1c(N)cc(S(=O)(=O)NCC2(C)CCCC2)cc1F. The van der Waals surface area contributed by atoms with Gasteiger partial charge in [-0.15, -0.1) is 0 Å². The first-order valence-electron chi connectivity index (χ1n) is 6.90. The number of halogens is 1. The zero-order valence-corrected chi connectivity index (χ0v) is 13.1. The maximum atomic E-state index is 13.8. The Balaban J connectivity index is 2.20. The van der Waals surface area contributed by atoms with E-state index in [0.29, 0.717) is 6.54 Å². The van der Waals surface area contributed by atoms with Gasteiger partial charge >= 0.3 is 0 Å². The molecule has 1 fully saturated rings. The summed E-state index contributed by atoms with van der Waals surface area (Å²) in [4.78, 5) is -0.181. The molecular weight excluding hydrogens is 295 g/mol. The summed E-state index contributed by atoms with van der Waals surface area (Å²) >= 11 is 0. The van der Waals surface area contributed by atoms with Gasteiger partial charge in [0, 0.05) is 6.54 Å². The number of nitrogen functional groups attached to an aromatic ring is 1. The van der Waals surface area contributed by atoms with Gasteiger partial charge in [0.25, 0.3) is 0 Å². The van der Waals surface area contributed by atoms with Crippen LogP contribution in [0, 0.1) is 11.2 Å². The van der Waals surface area contributed by atoms with Crippen LogP contribution in [0.3, 0.4) is 0 Å². The molecular formula is C14H21FN2O3S. The third-order valence-electron chi connectivity index (χ3n) is 4.06. The monoisotopic (exact) mass is 316 g/mol. The first-order chi connectivity index (χ1) is 9.77. The molecule has 1 aromatic carbocycles. The molecule has 2 rings (SSSR count). The van der Waals surface area contributed by atoms with Gasteiger partial charge in [-0.05, 0) is 30.4 Å². The Morgan fingerprint density at radius 3 is 2.52 bits per heavy atom. The van der Waals surface area contributed by atoms with Gasteiger partial charge in [0.1, 0.15) is 0 Å². The van der Waals surface area contributed by atoms with Crippen molar-refractivity contribution < 1.29 is 17.5 Å². The molecule has 1 saturated carbocycles. The summed E-state index contributed by atoms with van der Waals surface area (Å²) in [6.07, 6.45) is 4.22. The highest BCUT2D eigenvalue weighted by Gasteiger charge is 2.30. The lowest BCUT2D eigenvalue weighted by Gasteiger charge is -2.23. The third kappa shape index (κ3) is 3.47. The largest absolute Gasteiger partial charge is 0.492 e. The average molecular weight is 316 g/mol. The number of methoxy groups -OCH3 is 1. The summed E-state index contributed by atoms with van der Waals surface area (Å²) in [5.41, 5.74) is 5.56. The van der Waals surface area contributed by atoms with Crippen LogP contribution in [0.15, 0.2) is 17.0 Å². The normalized spacial score (nSPS) is 17.9. The van der Waals surface area contributed by atoms with Gasteiger partial charge in [0.2, 0.25) is 10.0 Å². The van der Waals surface area contributed by atoms with Gasteiger partial charge in [-0.1, -0.05) is 19.8 Å². The van der Waals surface area contributed by atoms with Crippen molar-refractivity contribution in [3.63, 3.8) is 0 Å². The molecule has 5 nitrogen and oxygen atoms in total. The van der Waals surface area contributed by atoms with Crippen molar-refractivity contribution in [3.8, 4) is 5.75 Å². The minimum Gasteiger partial charge on any atom is -0.492 e. The van der Waals surface area contributed by atoms with Gasteiger partial charge in [-0.25, -0.2) is 17.5 Å². The zero-order valence-electron chi connectivity index (χ0n) is 12.3. The molecule has 1 aromatic rings. The number of rotatable bonds is 5. The predicted molar refractivity (Wildman–Crippen MR) is 79.1 cm³/mol. The lowest BCUT2D eigenvalue weighted by atomic mass is 9.89. The Labute approximate surface area is 124 Å². The van der Waals surface area contributed by atoms with E-state index in [1.807, 2.05) is 0 Å². The molecule has 0 aromatic heterocycles. The minimum atomic E-state index is -3.78. The van der Waals surface area contributed by atoms with Crippen molar-refractivity contribution in [2.24, 2.45) is 5.41 Å². The molecule has 0 saturated heterocycles. The molecule has 118 valence electrons. The number of nitrogens with two attached hydrogens (primary N) is 1. The number of sulfonamides is 1. The fourth-order valence-corrected chi connectivity index (χ4v) is 3.96. The van der Waals surface area contributed by atoms with Crippen LogP contribution in [0.25, 0.3) is 0 Å². The van der Waals surface area contributed by atoms with Gasteiger partial charge in [0.15, 0.2) is 11.6 Å². The Bertz CT molecular complexity index is 602. The average Bonchev–Trinajstić information content (AvgIpc) is 2.84. The highest BCUT2D eigenvalue weighted by atomic mass is 32.2. The molecule has 0 radical (unpaired) electrons. The Morgan fingerprint density at radius 1 is 1.38 bits per heavy atom. The maximum absolute atomic E-state index is 13.8. The predicted octanol–water partition coefficient (Wildman–Crippen LogP) is 2.28. The molecule has 0 amide bonds.